The van der Waals surface area contributed by atoms with Gasteiger partial charge >= 0.3 is 5.97 Å². The molecule has 0 aliphatic rings. The second-order valence-electron chi connectivity index (χ2n) is 2.83. The van der Waals surface area contributed by atoms with Crippen molar-refractivity contribution in [1.82, 2.24) is 0 Å². The number of hydrogen-bond acceptors (Lipinski definition) is 4. The summed E-state index contributed by atoms with van der Waals surface area (Å²) in [5.41, 5.74) is 0.431. The minimum absolute atomic E-state index is 0.383. The van der Waals surface area contributed by atoms with Crippen LogP contribution in [0.2, 0.25) is 0 Å². The maximum absolute atomic E-state index is 11.2. The van der Waals surface area contributed by atoms with Gasteiger partial charge in [-0.1, -0.05) is 0 Å². The Morgan fingerprint density at radius 1 is 1.71 bits per heavy atom. The van der Waals surface area contributed by atoms with Gasteiger partial charge in [-0.05, 0) is 13.0 Å². The number of ether oxygens (including phenoxy) is 1. The maximum atomic E-state index is 11.2. The first-order valence-electron chi connectivity index (χ1n) is 4.23. The van der Waals surface area contributed by atoms with Crippen molar-refractivity contribution in [1.29, 1.82) is 5.26 Å². The van der Waals surface area contributed by atoms with E-state index < -0.39 is 5.97 Å². The van der Waals surface area contributed by atoms with Crippen LogP contribution in [0.3, 0.4) is 0 Å². The predicted octanol–water partition coefficient (Wildman–Crippen LogP) is 1.83. The monoisotopic (exact) mass is 193 g/mol. The van der Waals surface area contributed by atoms with Crippen LogP contribution in [0, 0.1) is 18.3 Å². The van der Waals surface area contributed by atoms with E-state index in [0.29, 0.717) is 29.9 Å². The van der Waals surface area contributed by atoms with Crippen molar-refractivity contribution in [3.05, 3.63) is 23.2 Å². The maximum Gasteiger partial charge on any atom is 0.341 e. The summed E-state index contributed by atoms with van der Waals surface area (Å²) in [6.07, 6.45) is 0.905. The molecule has 1 heterocycles. The zero-order chi connectivity index (χ0) is 10.6. The zero-order valence-electron chi connectivity index (χ0n) is 8.16. The van der Waals surface area contributed by atoms with E-state index in [1.165, 1.54) is 7.11 Å². The van der Waals surface area contributed by atoms with Gasteiger partial charge in [-0.3, -0.25) is 0 Å². The van der Waals surface area contributed by atoms with Crippen LogP contribution in [-0.2, 0) is 11.2 Å². The zero-order valence-corrected chi connectivity index (χ0v) is 8.16. The molecule has 0 fully saturated rings. The first kappa shape index (κ1) is 10.3. The van der Waals surface area contributed by atoms with Gasteiger partial charge in [0.05, 0.1) is 13.2 Å². The molecule has 0 aliphatic heterocycles. The lowest BCUT2D eigenvalue weighted by molar-refractivity contribution is 0.0599. The Labute approximate surface area is 82.1 Å². The summed E-state index contributed by atoms with van der Waals surface area (Å²) in [6, 6.07) is 3.64. The van der Waals surface area contributed by atoms with E-state index in [9.17, 15) is 4.79 Å². The molecule has 1 rings (SSSR count). The highest BCUT2D eigenvalue weighted by molar-refractivity contribution is 5.90. The number of methoxy groups -OCH3 is 1. The van der Waals surface area contributed by atoms with Crippen molar-refractivity contribution >= 4 is 5.97 Å². The van der Waals surface area contributed by atoms with Gasteiger partial charge in [0, 0.05) is 12.8 Å². The molecule has 74 valence electrons. The molecule has 0 saturated heterocycles. The van der Waals surface area contributed by atoms with Crippen LogP contribution in [0.15, 0.2) is 10.5 Å². The molecule has 0 aliphatic carbocycles. The number of furan rings is 1. The minimum atomic E-state index is -0.408. The Balaban J connectivity index is 2.83. The molecule has 1 aromatic rings. The van der Waals surface area contributed by atoms with Crippen molar-refractivity contribution < 1.29 is 13.9 Å². The highest BCUT2D eigenvalue weighted by Crippen LogP contribution is 2.16. The molecule has 0 N–H and O–H groups in total. The Morgan fingerprint density at radius 2 is 2.43 bits per heavy atom. The number of nitrogens with zero attached hydrogens (tertiary/aromatic N) is 1. The van der Waals surface area contributed by atoms with Gasteiger partial charge in [-0.25, -0.2) is 4.79 Å². The van der Waals surface area contributed by atoms with Crippen LogP contribution in [0.5, 0.6) is 0 Å². The molecular formula is C10H11NO3. The third kappa shape index (κ3) is 2.13. The number of hydrogen-bond donors (Lipinski definition) is 0. The average molecular weight is 193 g/mol. The van der Waals surface area contributed by atoms with Crippen molar-refractivity contribution in [2.24, 2.45) is 0 Å². The second-order valence-corrected chi connectivity index (χ2v) is 2.83. The van der Waals surface area contributed by atoms with Crippen molar-refractivity contribution in [3.63, 3.8) is 0 Å². The normalized spacial score (nSPS) is 9.50. The third-order valence-electron chi connectivity index (χ3n) is 1.86. The smallest absolute Gasteiger partial charge is 0.341 e. The third-order valence-corrected chi connectivity index (χ3v) is 1.86. The first-order valence-corrected chi connectivity index (χ1v) is 4.23. The van der Waals surface area contributed by atoms with Gasteiger partial charge in [-0.2, -0.15) is 5.26 Å². The summed E-state index contributed by atoms with van der Waals surface area (Å²) in [7, 11) is 1.32. The molecular weight excluding hydrogens is 182 g/mol. The quantitative estimate of drug-likeness (QED) is 0.687. The first-order chi connectivity index (χ1) is 6.69. The lowest BCUT2D eigenvalue weighted by atomic mass is 10.2. The predicted molar refractivity (Wildman–Crippen MR) is 48.7 cm³/mol. The fourth-order valence-corrected chi connectivity index (χ4v) is 1.16. The largest absolute Gasteiger partial charge is 0.465 e. The summed E-state index contributed by atoms with van der Waals surface area (Å²) in [6.45, 7) is 1.70. The molecule has 14 heavy (non-hydrogen) atoms. The van der Waals surface area contributed by atoms with E-state index in [1.807, 2.05) is 6.07 Å². The lowest BCUT2D eigenvalue weighted by Crippen LogP contribution is -2.00. The van der Waals surface area contributed by atoms with E-state index in [-0.39, 0.29) is 0 Å². The van der Waals surface area contributed by atoms with Gasteiger partial charge in [-0.15, -0.1) is 0 Å². The fourth-order valence-electron chi connectivity index (χ4n) is 1.16. The molecule has 1 aromatic heterocycles. The summed E-state index contributed by atoms with van der Waals surface area (Å²) in [5.74, 6) is 0.767. The van der Waals surface area contributed by atoms with Crippen LogP contribution in [-0.4, -0.2) is 13.1 Å². The molecule has 4 nitrogen and oxygen atoms in total. The molecule has 0 bridgehead atoms. The molecule has 0 unspecified atom stereocenters. The number of nitriles is 1. The van der Waals surface area contributed by atoms with Gasteiger partial charge in [0.2, 0.25) is 0 Å². The highest BCUT2D eigenvalue weighted by atomic mass is 16.5. The van der Waals surface area contributed by atoms with Crippen LogP contribution in [0.25, 0.3) is 0 Å². The van der Waals surface area contributed by atoms with Gasteiger partial charge in [0.25, 0.3) is 0 Å². The van der Waals surface area contributed by atoms with Crippen molar-refractivity contribution in [2.75, 3.05) is 7.11 Å². The van der Waals surface area contributed by atoms with E-state index in [0.717, 1.165) is 0 Å². The highest BCUT2D eigenvalue weighted by Gasteiger charge is 2.14. The fraction of sp³-hybridized carbons (Fsp3) is 0.400. The van der Waals surface area contributed by atoms with E-state index in [1.54, 1.807) is 13.0 Å². The number of esters is 1. The van der Waals surface area contributed by atoms with Crippen LogP contribution in [0.4, 0.5) is 0 Å². The molecule has 0 aromatic carbocycles. The van der Waals surface area contributed by atoms with Crippen LogP contribution < -0.4 is 0 Å². The Morgan fingerprint density at radius 3 is 3.00 bits per heavy atom. The van der Waals surface area contributed by atoms with Crippen LogP contribution >= 0.6 is 0 Å². The Kier molecular flexibility index (Phi) is 3.29. The number of carbonyl (C=O) groups is 1. The summed E-state index contributed by atoms with van der Waals surface area (Å²) >= 11 is 0. The second kappa shape index (κ2) is 4.47. The topological polar surface area (TPSA) is 63.2 Å². The molecule has 0 saturated carbocycles. The van der Waals surface area contributed by atoms with E-state index >= 15 is 0 Å². The molecule has 4 heteroatoms. The van der Waals surface area contributed by atoms with Crippen molar-refractivity contribution in [3.8, 4) is 6.07 Å². The molecule has 0 radical (unpaired) electrons. The van der Waals surface area contributed by atoms with Gasteiger partial charge in [0.15, 0.2) is 0 Å². The number of carbonyl (C=O) groups excluding carboxylic acids is 1. The number of rotatable bonds is 3. The minimum Gasteiger partial charge on any atom is -0.465 e. The summed E-state index contributed by atoms with van der Waals surface area (Å²) in [4.78, 5) is 11.2. The molecule has 0 atom stereocenters. The Hall–Kier alpha value is -1.76. The Bertz CT molecular complexity index is 373. The van der Waals surface area contributed by atoms with Crippen LogP contribution in [0.1, 0.15) is 28.3 Å². The summed E-state index contributed by atoms with van der Waals surface area (Å²) in [5, 5.41) is 8.38. The average Bonchev–Trinajstić information content (AvgIpc) is 2.55. The number of aryl methyl sites for hydroxylation is 2. The molecule has 0 spiro atoms. The molecule has 0 amide bonds. The van der Waals surface area contributed by atoms with E-state index in [4.69, 9.17) is 9.68 Å². The summed E-state index contributed by atoms with van der Waals surface area (Å²) < 4.78 is 9.86. The van der Waals surface area contributed by atoms with Gasteiger partial charge < -0.3 is 9.15 Å². The van der Waals surface area contributed by atoms with Gasteiger partial charge in [0.1, 0.15) is 17.1 Å². The standard InChI is InChI=1S/C10H11NO3/c1-7-9(10(12)13-2)6-8(14-7)4-3-5-11/h6H,3-4H2,1-2H3. The van der Waals surface area contributed by atoms with Crippen molar-refractivity contribution in [2.45, 2.75) is 19.8 Å². The van der Waals surface area contributed by atoms with E-state index in [2.05, 4.69) is 4.74 Å². The SMILES string of the molecule is COC(=O)c1cc(CCC#N)oc1C. The lowest BCUT2D eigenvalue weighted by Gasteiger charge is -1.93.